The van der Waals surface area contributed by atoms with Gasteiger partial charge in [-0.25, -0.2) is 4.68 Å². The number of aromatic nitrogens is 2. The Morgan fingerprint density at radius 2 is 1.96 bits per heavy atom. The van der Waals surface area contributed by atoms with E-state index in [9.17, 15) is 9.59 Å². The second-order valence-corrected chi connectivity index (χ2v) is 5.68. The number of rotatable bonds is 10. The summed E-state index contributed by atoms with van der Waals surface area (Å²) in [5.41, 5.74) is 1.43. The Balaban J connectivity index is 1.96. The van der Waals surface area contributed by atoms with Crippen LogP contribution in [0.4, 0.5) is 0 Å². The lowest BCUT2D eigenvalue weighted by atomic mass is 10.1. The summed E-state index contributed by atoms with van der Waals surface area (Å²) in [6, 6.07) is 10.8. The quantitative estimate of drug-likeness (QED) is 0.655. The van der Waals surface area contributed by atoms with E-state index in [1.807, 2.05) is 31.2 Å². The zero-order valence-electron chi connectivity index (χ0n) is 15.2. The third-order valence-electron chi connectivity index (χ3n) is 3.73. The molecular weight excluding hydrogens is 334 g/mol. The van der Waals surface area contributed by atoms with Gasteiger partial charge >= 0.3 is 0 Å². The van der Waals surface area contributed by atoms with E-state index in [0.717, 1.165) is 11.3 Å². The molecule has 140 valence electrons. The highest BCUT2D eigenvalue weighted by Gasteiger charge is 2.06. The van der Waals surface area contributed by atoms with Crippen molar-refractivity contribution >= 4 is 5.91 Å². The van der Waals surface area contributed by atoms with Gasteiger partial charge in [-0.05, 0) is 43.7 Å². The van der Waals surface area contributed by atoms with Crippen molar-refractivity contribution in [1.82, 2.24) is 15.1 Å². The second-order valence-electron chi connectivity index (χ2n) is 5.68. The molecule has 0 fully saturated rings. The van der Waals surface area contributed by atoms with E-state index < -0.39 is 0 Å². The van der Waals surface area contributed by atoms with Gasteiger partial charge in [0.2, 0.25) is 5.91 Å². The predicted molar refractivity (Wildman–Crippen MR) is 99.2 cm³/mol. The van der Waals surface area contributed by atoms with Gasteiger partial charge in [-0.3, -0.25) is 9.59 Å². The van der Waals surface area contributed by atoms with Gasteiger partial charge in [0.25, 0.3) is 5.56 Å². The molecule has 1 N–H and O–H groups in total. The molecular formula is C19H25N3O4. The van der Waals surface area contributed by atoms with E-state index in [1.165, 1.54) is 10.7 Å². The van der Waals surface area contributed by atoms with Crippen LogP contribution >= 0.6 is 0 Å². The first kappa shape index (κ1) is 19.7. The van der Waals surface area contributed by atoms with Crippen molar-refractivity contribution in [3.05, 3.63) is 46.8 Å². The molecule has 0 aliphatic rings. The number of nitrogens with one attached hydrogen (secondary N) is 1. The molecule has 2 rings (SSSR count). The Labute approximate surface area is 152 Å². The summed E-state index contributed by atoms with van der Waals surface area (Å²) < 4.78 is 11.7. The molecule has 1 aromatic heterocycles. The Morgan fingerprint density at radius 3 is 2.65 bits per heavy atom. The minimum absolute atomic E-state index is 0.0576. The van der Waals surface area contributed by atoms with E-state index in [0.29, 0.717) is 44.8 Å². The number of ether oxygens (including phenoxy) is 2. The van der Waals surface area contributed by atoms with Gasteiger partial charge in [-0.2, -0.15) is 5.10 Å². The van der Waals surface area contributed by atoms with Gasteiger partial charge < -0.3 is 14.8 Å². The molecule has 2 aromatic rings. The monoisotopic (exact) mass is 359 g/mol. The van der Waals surface area contributed by atoms with Gasteiger partial charge in [0.15, 0.2) is 0 Å². The summed E-state index contributed by atoms with van der Waals surface area (Å²) in [4.78, 5) is 23.7. The van der Waals surface area contributed by atoms with Crippen LogP contribution in [-0.2, 0) is 16.1 Å². The highest BCUT2D eigenvalue weighted by atomic mass is 16.5. The van der Waals surface area contributed by atoms with Crippen molar-refractivity contribution in [2.24, 2.45) is 0 Å². The van der Waals surface area contributed by atoms with E-state index in [-0.39, 0.29) is 11.5 Å². The maximum atomic E-state index is 12.0. The number of benzene rings is 1. The third-order valence-corrected chi connectivity index (χ3v) is 3.73. The molecule has 1 amide bonds. The number of hydrogen-bond acceptors (Lipinski definition) is 5. The molecule has 0 saturated carbocycles. The molecule has 1 heterocycles. The molecule has 0 aliphatic heterocycles. The van der Waals surface area contributed by atoms with Crippen molar-refractivity contribution in [2.75, 3.05) is 26.9 Å². The highest BCUT2D eigenvalue weighted by molar-refractivity contribution is 5.75. The minimum atomic E-state index is -0.181. The SMILES string of the molecule is CCOc1ccc(-c2ccc(=O)n(CCCC(=O)NCCOC)n2)cc1. The Kier molecular flexibility index (Phi) is 7.82. The van der Waals surface area contributed by atoms with Gasteiger partial charge in [0.05, 0.1) is 18.9 Å². The Hall–Kier alpha value is -2.67. The third kappa shape index (κ3) is 6.00. The largest absolute Gasteiger partial charge is 0.494 e. The average Bonchev–Trinajstić information content (AvgIpc) is 2.64. The van der Waals surface area contributed by atoms with Crippen LogP contribution < -0.4 is 15.6 Å². The number of nitrogens with zero attached hydrogens (tertiary/aromatic N) is 2. The van der Waals surface area contributed by atoms with Crippen molar-refractivity contribution < 1.29 is 14.3 Å². The first-order valence-corrected chi connectivity index (χ1v) is 8.71. The lowest BCUT2D eigenvalue weighted by Crippen LogP contribution is -2.28. The maximum absolute atomic E-state index is 12.0. The molecule has 7 nitrogen and oxygen atoms in total. The predicted octanol–water partition coefficient (Wildman–Crippen LogP) is 1.85. The van der Waals surface area contributed by atoms with Gasteiger partial charge in [-0.15, -0.1) is 0 Å². The van der Waals surface area contributed by atoms with Crippen LogP contribution in [0, 0.1) is 0 Å². The van der Waals surface area contributed by atoms with Crippen LogP contribution in [0.25, 0.3) is 11.3 Å². The van der Waals surface area contributed by atoms with E-state index in [1.54, 1.807) is 13.2 Å². The van der Waals surface area contributed by atoms with Crippen LogP contribution in [0.15, 0.2) is 41.2 Å². The number of carbonyl (C=O) groups excluding carboxylic acids is 1. The van der Waals surface area contributed by atoms with E-state index >= 15 is 0 Å². The van der Waals surface area contributed by atoms with Crippen LogP contribution in [0.3, 0.4) is 0 Å². The summed E-state index contributed by atoms with van der Waals surface area (Å²) in [6.07, 6.45) is 0.879. The Bertz CT molecular complexity index is 756. The normalized spacial score (nSPS) is 10.5. The van der Waals surface area contributed by atoms with Crippen LogP contribution in [0.1, 0.15) is 19.8 Å². The second kappa shape index (κ2) is 10.4. The van der Waals surface area contributed by atoms with E-state index in [4.69, 9.17) is 9.47 Å². The van der Waals surface area contributed by atoms with Gasteiger partial charge in [-0.1, -0.05) is 0 Å². The molecule has 1 aromatic carbocycles. The molecule has 0 spiro atoms. The summed E-state index contributed by atoms with van der Waals surface area (Å²) in [6.45, 7) is 3.91. The molecule has 0 unspecified atom stereocenters. The lowest BCUT2D eigenvalue weighted by molar-refractivity contribution is -0.121. The van der Waals surface area contributed by atoms with Crippen LogP contribution in [0.5, 0.6) is 5.75 Å². The van der Waals surface area contributed by atoms with Gasteiger partial charge in [0, 0.05) is 38.2 Å². The van der Waals surface area contributed by atoms with E-state index in [2.05, 4.69) is 10.4 Å². The standard InChI is InChI=1S/C19H25N3O4/c1-3-26-16-8-6-15(7-9-16)17-10-11-19(24)22(21-17)13-4-5-18(23)20-12-14-25-2/h6-11H,3-5,12-14H2,1-2H3,(H,20,23). The summed E-state index contributed by atoms with van der Waals surface area (Å²) in [5, 5.41) is 7.16. The zero-order chi connectivity index (χ0) is 18.8. The Morgan fingerprint density at radius 1 is 1.19 bits per heavy atom. The number of carbonyl (C=O) groups is 1. The lowest BCUT2D eigenvalue weighted by Gasteiger charge is -2.08. The first-order valence-electron chi connectivity index (χ1n) is 8.71. The number of hydrogen-bond donors (Lipinski definition) is 1. The van der Waals surface area contributed by atoms with Gasteiger partial charge in [0.1, 0.15) is 5.75 Å². The average molecular weight is 359 g/mol. The molecule has 0 radical (unpaired) electrons. The minimum Gasteiger partial charge on any atom is -0.494 e. The molecule has 7 heteroatoms. The highest BCUT2D eigenvalue weighted by Crippen LogP contribution is 2.19. The number of amides is 1. The smallest absolute Gasteiger partial charge is 0.266 e. The summed E-state index contributed by atoms with van der Waals surface area (Å²) >= 11 is 0. The fraction of sp³-hybridized carbons (Fsp3) is 0.421. The van der Waals surface area contributed by atoms with Crippen LogP contribution in [-0.4, -0.2) is 42.6 Å². The van der Waals surface area contributed by atoms with Crippen molar-refractivity contribution in [2.45, 2.75) is 26.3 Å². The molecule has 0 atom stereocenters. The zero-order valence-corrected chi connectivity index (χ0v) is 15.2. The van der Waals surface area contributed by atoms with Crippen molar-refractivity contribution in [3.63, 3.8) is 0 Å². The summed E-state index contributed by atoms with van der Waals surface area (Å²) in [5.74, 6) is 0.738. The van der Waals surface area contributed by atoms with Crippen LogP contribution in [0.2, 0.25) is 0 Å². The fourth-order valence-corrected chi connectivity index (χ4v) is 2.42. The van der Waals surface area contributed by atoms with Crippen molar-refractivity contribution in [3.8, 4) is 17.0 Å². The first-order chi connectivity index (χ1) is 12.6. The summed E-state index contributed by atoms with van der Waals surface area (Å²) in [7, 11) is 1.58. The van der Waals surface area contributed by atoms with Crippen molar-refractivity contribution in [1.29, 1.82) is 0 Å². The molecule has 0 aliphatic carbocycles. The molecule has 26 heavy (non-hydrogen) atoms. The maximum Gasteiger partial charge on any atom is 0.266 e. The topological polar surface area (TPSA) is 82.5 Å². The molecule has 0 bridgehead atoms. The number of methoxy groups -OCH3 is 1. The molecule has 0 saturated heterocycles. The fourth-order valence-electron chi connectivity index (χ4n) is 2.42. The number of aryl methyl sites for hydroxylation is 1.